The highest BCUT2D eigenvalue weighted by molar-refractivity contribution is 8.00. The van der Waals surface area contributed by atoms with Crippen molar-refractivity contribution in [1.29, 1.82) is 0 Å². The van der Waals surface area contributed by atoms with Crippen LogP contribution >= 0.6 is 11.8 Å². The minimum absolute atomic E-state index is 0.376. The van der Waals surface area contributed by atoms with Crippen molar-refractivity contribution in [3.63, 3.8) is 0 Å². The Kier molecular flexibility index (Phi) is 7.28. The third-order valence-electron chi connectivity index (χ3n) is 5.62. The molecule has 1 N–H and O–H groups in total. The van der Waals surface area contributed by atoms with E-state index in [2.05, 4.69) is 110 Å². The Hall–Kier alpha value is -3.04. The number of anilines is 1. The fraction of sp³-hybridized carbons (Fsp3) is 0.207. The molecule has 4 rings (SSSR count). The second kappa shape index (κ2) is 10.5. The van der Waals surface area contributed by atoms with Crippen molar-refractivity contribution >= 4 is 17.4 Å². The molecule has 162 valence electrons. The van der Waals surface area contributed by atoms with Gasteiger partial charge in [0.1, 0.15) is 4.87 Å². The van der Waals surface area contributed by atoms with Gasteiger partial charge >= 0.3 is 0 Å². The number of aryl methyl sites for hydroxylation is 1. The molecule has 4 aromatic rings. The van der Waals surface area contributed by atoms with E-state index in [0.29, 0.717) is 0 Å². The van der Waals surface area contributed by atoms with Crippen LogP contribution in [0.3, 0.4) is 0 Å². The van der Waals surface area contributed by atoms with Crippen LogP contribution in [-0.4, -0.2) is 4.98 Å². The van der Waals surface area contributed by atoms with Crippen LogP contribution in [0.15, 0.2) is 108 Å². The van der Waals surface area contributed by atoms with E-state index in [9.17, 15) is 0 Å². The van der Waals surface area contributed by atoms with E-state index in [0.717, 1.165) is 30.6 Å². The number of nitrogens with one attached hydrogen (secondary N) is 1. The molecule has 1 aromatic heterocycles. The van der Waals surface area contributed by atoms with Crippen LogP contribution in [0.2, 0.25) is 0 Å². The van der Waals surface area contributed by atoms with Crippen molar-refractivity contribution in [3.05, 3.63) is 115 Å². The first-order valence-electron chi connectivity index (χ1n) is 11.3. The van der Waals surface area contributed by atoms with Gasteiger partial charge in [0.2, 0.25) is 0 Å². The molecule has 1 atom stereocenters. The van der Waals surface area contributed by atoms with E-state index in [1.807, 2.05) is 24.0 Å². The van der Waals surface area contributed by atoms with Crippen LogP contribution in [0.5, 0.6) is 0 Å². The van der Waals surface area contributed by atoms with Crippen molar-refractivity contribution in [2.45, 2.75) is 42.9 Å². The molecular formula is C29H30N2S. The summed E-state index contributed by atoms with van der Waals surface area (Å²) in [5.41, 5.74) is 5.87. The number of benzene rings is 3. The number of hydrogen-bond acceptors (Lipinski definition) is 3. The standard InChI is InChI=1S/C29H30N2S/c1-3-4-21-29(28-16-10-11-22-30-28,32-25-12-6-5-7-13-25)31-27-15-9-8-14-26(27)24-19-17-23(2)18-20-24/h5-20,22,31H,3-4,21H2,1-2H3. The maximum absolute atomic E-state index is 4.83. The lowest BCUT2D eigenvalue weighted by atomic mass is 10.00. The lowest BCUT2D eigenvalue weighted by Gasteiger charge is -2.36. The van der Waals surface area contributed by atoms with E-state index in [1.54, 1.807) is 0 Å². The molecule has 3 heteroatoms. The predicted octanol–water partition coefficient (Wildman–Crippen LogP) is 8.30. The lowest BCUT2D eigenvalue weighted by Crippen LogP contribution is -2.33. The second-order valence-corrected chi connectivity index (χ2v) is 9.47. The molecule has 0 saturated heterocycles. The normalized spacial score (nSPS) is 12.8. The third kappa shape index (κ3) is 5.23. The molecule has 1 unspecified atom stereocenters. The number of pyridine rings is 1. The number of unbranched alkanes of at least 4 members (excludes halogenated alkanes) is 1. The predicted molar refractivity (Wildman–Crippen MR) is 138 cm³/mol. The number of hydrogen-bond donors (Lipinski definition) is 1. The molecule has 0 saturated carbocycles. The maximum Gasteiger partial charge on any atom is 0.131 e. The van der Waals surface area contributed by atoms with Gasteiger partial charge in [0, 0.05) is 22.3 Å². The summed E-state index contributed by atoms with van der Waals surface area (Å²) in [5, 5.41) is 3.97. The Morgan fingerprint density at radius 2 is 1.53 bits per heavy atom. The maximum atomic E-state index is 4.83. The van der Waals surface area contributed by atoms with Gasteiger partial charge in [0.15, 0.2) is 0 Å². The smallest absolute Gasteiger partial charge is 0.131 e. The van der Waals surface area contributed by atoms with Crippen molar-refractivity contribution in [3.8, 4) is 11.1 Å². The third-order valence-corrected chi connectivity index (χ3v) is 6.99. The first-order valence-corrected chi connectivity index (χ1v) is 12.1. The summed E-state index contributed by atoms with van der Waals surface area (Å²) >= 11 is 1.86. The Morgan fingerprint density at radius 1 is 0.812 bits per heavy atom. The van der Waals surface area contributed by atoms with Crippen LogP contribution in [0.4, 0.5) is 5.69 Å². The molecule has 0 aliphatic carbocycles. The zero-order chi connectivity index (χ0) is 22.2. The van der Waals surface area contributed by atoms with Crippen molar-refractivity contribution in [1.82, 2.24) is 4.98 Å². The summed E-state index contributed by atoms with van der Waals surface area (Å²) in [7, 11) is 0. The molecule has 0 amide bonds. The van der Waals surface area contributed by atoms with E-state index in [1.165, 1.54) is 21.6 Å². The first-order chi connectivity index (χ1) is 15.7. The van der Waals surface area contributed by atoms with Gasteiger partial charge in [-0.3, -0.25) is 4.98 Å². The largest absolute Gasteiger partial charge is 0.365 e. The Bertz CT molecular complexity index is 1110. The number of aromatic nitrogens is 1. The van der Waals surface area contributed by atoms with Crippen molar-refractivity contribution < 1.29 is 0 Å². The molecule has 0 radical (unpaired) electrons. The molecule has 0 fully saturated rings. The lowest BCUT2D eigenvalue weighted by molar-refractivity contribution is 0.576. The average Bonchev–Trinajstić information content (AvgIpc) is 2.85. The van der Waals surface area contributed by atoms with Gasteiger partial charge in [0.25, 0.3) is 0 Å². The molecule has 0 aliphatic heterocycles. The number of thioether (sulfide) groups is 1. The van der Waals surface area contributed by atoms with Crippen LogP contribution in [0, 0.1) is 6.92 Å². The highest BCUT2D eigenvalue weighted by atomic mass is 32.2. The van der Waals surface area contributed by atoms with E-state index >= 15 is 0 Å². The summed E-state index contributed by atoms with van der Waals surface area (Å²) in [4.78, 5) is 5.68. The van der Waals surface area contributed by atoms with E-state index < -0.39 is 0 Å². The number of para-hydroxylation sites is 1. The molecule has 3 aromatic carbocycles. The number of rotatable bonds is 9. The average molecular weight is 439 g/mol. The Morgan fingerprint density at radius 3 is 2.25 bits per heavy atom. The van der Waals surface area contributed by atoms with Crippen molar-refractivity contribution in [2.75, 3.05) is 5.32 Å². The van der Waals surface area contributed by atoms with Gasteiger partial charge in [-0.1, -0.05) is 104 Å². The molecule has 32 heavy (non-hydrogen) atoms. The van der Waals surface area contributed by atoms with Gasteiger partial charge in [-0.05, 0) is 49.2 Å². The first kappa shape index (κ1) is 22.2. The van der Waals surface area contributed by atoms with E-state index in [-0.39, 0.29) is 4.87 Å². The molecule has 2 nitrogen and oxygen atoms in total. The van der Waals surface area contributed by atoms with Gasteiger partial charge in [-0.15, -0.1) is 0 Å². The highest BCUT2D eigenvalue weighted by Gasteiger charge is 2.35. The van der Waals surface area contributed by atoms with Gasteiger partial charge < -0.3 is 5.32 Å². The monoisotopic (exact) mass is 438 g/mol. The quantitative estimate of drug-likeness (QED) is 0.210. The van der Waals surface area contributed by atoms with Crippen LogP contribution < -0.4 is 5.32 Å². The van der Waals surface area contributed by atoms with Crippen LogP contribution in [0.25, 0.3) is 11.1 Å². The zero-order valence-electron chi connectivity index (χ0n) is 18.8. The second-order valence-electron chi connectivity index (χ2n) is 8.10. The minimum Gasteiger partial charge on any atom is -0.365 e. The summed E-state index contributed by atoms with van der Waals surface area (Å²) in [6, 6.07) is 34.2. The topological polar surface area (TPSA) is 24.9 Å². The molecule has 0 bridgehead atoms. The van der Waals surface area contributed by atoms with Crippen LogP contribution in [0.1, 0.15) is 37.4 Å². The summed E-state index contributed by atoms with van der Waals surface area (Å²) in [5.74, 6) is 0. The Balaban J connectivity index is 1.81. The molecule has 0 spiro atoms. The summed E-state index contributed by atoms with van der Waals surface area (Å²) in [6.45, 7) is 4.37. The Labute approximate surface area is 196 Å². The number of nitrogens with zero attached hydrogens (tertiary/aromatic N) is 1. The molecule has 1 heterocycles. The van der Waals surface area contributed by atoms with Crippen molar-refractivity contribution in [2.24, 2.45) is 0 Å². The fourth-order valence-electron chi connectivity index (χ4n) is 3.90. The highest BCUT2D eigenvalue weighted by Crippen LogP contribution is 2.46. The fourth-order valence-corrected chi connectivity index (χ4v) is 5.22. The summed E-state index contributed by atoms with van der Waals surface area (Å²) in [6.07, 6.45) is 5.11. The van der Waals surface area contributed by atoms with E-state index in [4.69, 9.17) is 4.98 Å². The minimum atomic E-state index is -0.376. The summed E-state index contributed by atoms with van der Waals surface area (Å²) < 4.78 is 0. The van der Waals surface area contributed by atoms with Crippen LogP contribution in [-0.2, 0) is 4.87 Å². The zero-order valence-corrected chi connectivity index (χ0v) is 19.6. The van der Waals surface area contributed by atoms with Gasteiger partial charge in [-0.25, -0.2) is 0 Å². The van der Waals surface area contributed by atoms with Gasteiger partial charge in [-0.2, -0.15) is 0 Å². The van der Waals surface area contributed by atoms with Gasteiger partial charge in [0.05, 0.1) is 5.69 Å². The SMILES string of the molecule is CCCCC(Nc1ccccc1-c1ccc(C)cc1)(Sc1ccccc1)c1ccccn1. The molecule has 0 aliphatic rings. The molecular weight excluding hydrogens is 408 g/mol.